The molecule has 2 aromatic carbocycles. The van der Waals surface area contributed by atoms with Crippen molar-refractivity contribution >= 4 is 19.0 Å². The molecule has 6 N–H and O–H groups in total. The summed E-state index contributed by atoms with van der Waals surface area (Å²) in [5.74, 6) is -3.38. The first-order valence-electron chi connectivity index (χ1n) is 8.40. The Labute approximate surface area is 155 Å². The molecule has 3 rings (SSSR count). The first-order chi connectivity index (χ1) is 12.9. The van der Waals surface area contributed by atoms with Crippen LogP contribution in [0.5, 0.6) is 5.75 Å². The van der Waals surface area contributed by atoms with E-state index in [2.05, 4.69) is 10.6 Å². The average molecular weight is 370 g/mol. The summed E-state index contributed by atoms with van der Waals surface area (Å²) in [7, 11) is -1.89. The lowest BCUT2D eigenvalue weighted by molar-refractivity contribution is 0.0693. The summed E-state index contributed by atoms with van der Waals surface area (Å²) in [6.45, 7) is 1.41. The van der Waals surface area contributed by atoms with Crippen molar-refractivity contribution in [2.24, 2.45) is 0 Å². The highest BCUT2D eigenvalue weighted by Gasteiger charge is 2.28. The Kier molecular flexibility index (Phi) is 5.45. The number of carbonyl (C=O) groups is 2. The normalized spacial score (nSPS) is 13.7. The number of aromatic hydroxyl groups is 1. The van der Waals surface area contributed by atoms with Crippen molar-refractivity contribution in [2.75, 3.05) is 0 Å². The Morgan fingerprint density at radius 3 is 2.59 bits per heavy atom. The lowest BCUT2D eigenvalue weighted by Crippen LogP contribution is -2.48. The highest BCUT2D eigenvalue weighted by molar-refractivity contribution is 6.43. The summed E-state index contributed by atoms with van der Waals surface area (Å²) in [4.78, 5) is 23.6. The van der Waals surface area contributed by atoms with Crippen molar-refractivity contribution in [3.63, 3.8) is 0 Å². The van der Waals surface area contributed by atoms with Gasteiger partial charge >= 0.3 is 13.1 Å². The van der Waals surface area contributed by atoms with Gasteiger partial charge < -0.3 is 30.9 Å². The number of aromatic carboxylic acids is 1. The van der Waals surface area contributed by atoms with Crippen LogP contribution in [0.15, 0.2) is 36.4 Å². The van der Waals surface area contributed by atoms with Gasteiger partial charge in [0.15, 0.2) is 0 Å². The highest BCUT2D eigenvalue weighted by Crippen LogP contribution is 2.24. The molecule has 0 spiro atoms. The van der Waals surface area contributed by atoms with Gasteiger partial charge in [-0.2, -0.15) is 0 Å². The summed E-state index contributed by atoms with van der Waals surface area (Å²) < 4.78 is 0. The Morgan fingerprint density at radius 2 is 1.89 bits per heavy atom. The second kappa shape index (κ2) is 7.79. The predicted octanol–water partition coefficient (Wildman–Crippen LogP) is 0.0467. The number of carboxylic acid groups (broad SMARTS) is 1. The molecule has 0 aromatic heterocycles. The molecule has 0 saturated carbocycles. The number of benzene rings is 2. The molecular weight excluding hydrogens is 351 g/mol. The molecule has 8 nitrogen and oxygen atoms in total. The van der Waals surface area contributed by atoms with E-state index in [1.807, 2.05) is 6.07 Å². The minimum Gasteiger partial charge on any atom is -0.507 e. The van der Waals surface area contributed by atoms with Gasteiger partial charge in [0.1, 0.15) is 11.3 Å². The lowest BCUT2D eigenvalue weighted by atomic mass is 9.75. The molecule has 1 aliphatic heterocycles. The average Bonchev–Trinajstić information content (AvgIpc) is 3.09. The molecule has 140 valence electrons. The quantitative estimate of drug-likeness (QED) is 0.395. The van der Waals surface area contributed by atoms with Crippen molar-refractivity contribution in [2.45, 2.75) is 25.5 Å². The summed E-state index contributed by atoms with van der Waals surface area (Å²) in [6.07, 6.45) is -0.150. The molecule has 1 amide bonds. The minimum absolute atomic E-state index is 0.150. The molecule has 9 heteroatoms. The molecule has 0 unspecified atom stereocenters. The van der Waals surface area contributed by atoms with E-state index in [1.165, 1.54) is 18.2 Å². The van der Waals surface area contributed by atoms with Gasteiger partial charge in [-0.05, 0) is 41.3 Å². The molecule has 0 radical (unpaired) electrons. The summed E-state index contributed by atoms with van der Waals surface area (Å²) >= 11 is 0. The topological polar surface area (TPSA) is 139 Å². The maximum absolute atomic E-state index is 12.5. The van der Waals surface area contributed by atoms with E-state index in [4.69, 9.17) is 5.11 Å². The Balaban J connectivity index is 1.78. The number of rotatable bonds is 6. The third-order valence-electron chi connectivity index (χ3n) is 4.57. The molecule has 2 aromatic rings. The molecule has 0 aliphatic carbocycles. The third-order valence-corrected chi connectivity index (χ3v) is 4.57. The van der Waals surface area contributed by atoms with Crippen molar-refractivity contribution in [3.05, 3.63) is 64.2 Å². The maximum atomic E-state index is 12.5. The van der Waals surface area contributed by atoms with E-state index < -0.39 is 30.7 Å². The number of amides is 1. The molecule has 27 heavy (non-hydrogen) atoms. The molecule has 0 fully saturated rings. The number of hydrogen-bond acceptors (Lipinski definition) is 6. The fraction of sp³-hybridized carbons (Fsp3) is 0.222. The van der Waals surface area contributed by atoms with Gasteiger partial charge in [-0.25, -0.2) is 4.79 Å². The zero-order chi connectivity index (χ0) is 19.6. The standard InChI is InChI=1S/C18H19BN2O6/c22-16-10(2-1-3-14(16)18(24)25)7-15(19(26)27)21-17(23)11-4-5-12-8-20-9-13(12)6-11/h1-6,15,20,22,26-27H,7-9H2,(H,21,23)(H,24,25)/t15-/m0/s1. The Bertz CT molecular complexity index is 886. The van der Waals surface area contributed by atoms with Crippen LogP contribution in [0.1, 0.15) is 37.4 Å². The highest BCUT2D eigenvalue weighted by atomic mass is 16.4. The van der Waals surface area contributed by atoms with Gasteiger partial charge in [0.2, 0.25) is 0 Å². The molecule has 1 heterocycles. The van der Waals surface area contributed by atoms with Crippen LogP contribution in [-0.2, 0) is 19.5 Å². The van der Waals surface area contributed by atoms with Gasteiger partial charge in [-0.3, -0.25) is 4.79 Å². The van der Waals surface area contributed by atoms with E-state index in [1.54, 1.807) is 12.1 Å². The van der Waals surface area contributed by atoms with Gasteiger partial charge in [0.25, 0.3) is 5.91 Å². The van der Waals surface area contributed by atoms with E-state index in [-0.39, 0.29) is 17.5 Å². The zero-order valence-corrected chi connectivity index (χ0v) is 14.3. The van der Waals surface area contributed by atoms with Gasteiger partial charge in [-0.15, -0.1) is 0 Å². The van der Waals surface area contributed by atoms with Gasteiger partial charge in [-0.1, -0.05) is 18.2 Å². The third kappa shape index (κ3) is 4.11. The molecule has 0 saturated heterocycles. The van der Waals surface area contributed by atoms with Crippen LogP contribution in [0.4, 0.5) is 0 Å². The first kappa shape index (κ1) is 18.9. The number of nitrogens with one attached hydrogen (secondary N) is 2. The van der Waals surface area contributed by atoms with Crippen molar-refractivity contribution in [3.8, 4) is 5.75 Å². The SMILES string of the molecule is O=C(N[C@@H](Cc1cccc(C(=O)O)c1O)B(O)O)c1ccc2c(c1)CNC2. The zero-order valence-electron chi connectivity index (χ0n) is 14.3. The lowest BCUT2D eigenvalue weighted by Gasteiger charge is -2.19. The fourth-order valence-electron chi connectivity index (χ4n) is 3.08. The second-order valence-electron chi connectivity index (χ2n) is 6.40. The van der Waals surface area contributed by atoms with Crippen LogP contribution in [0.3, 0.4) is 0 Å². The first-order valence-corrected chi connectivity index (χ1v) is 8.40. The van der Waals surface area contributed by atoms with Crippen LogP contribution in [0, 0.1) is 0 Å². The number of para-hydroxylation sites is 1. The summed E-state index contributed by atoms with van der Waals surface area (Å²) in [6, 6.07) is 9.39. The minimum atomic E-state index is -1.89. The second-order valence-corrected chi connectivity index (χ2v) is 6.40. The van der Waals surface area contributed by atoms with Crippen LogP contribution in [0.2, 0.25) is 0 Å². The van der Waals surface area contributed by atoms with Gasteiger partial charge in [0, 0.05) is 18.7 Å². The number of carboxylic acids is 1. The van der Waals surface area contributed by atoms with Crippen LogP contribution in [-0.4, -0.2) is 45.2 Å². The van der Waals surface area contributed by atoms with E-state index in [0.29, 0.717) is 12.1 Å². The summed E-state index contributed by atoms with van der Waals surface area (Å²) in [5.41, 5.74) is 2.39. The maximum Gasteiger partial charge on any atom is 0.475 e. The predicted molar refractivity (Wildman–Crippen MR) is 97.2 cm³/mol. The van der Waals surface area contributed by atoms with E-state index in [0.717, 1.165) is 17.7 Å². The van der Waals surface area contributed by atoms with Gasteiger partial charge in [0.05, 0.1) is 5.94 Å². The number of carbonyl (C=O) groups excluding carboxylic acids is 1. The Morgan fingerprint density at radius 1 is 1.15 bits per heavy atom. The largest absolute Gasteiger partial charge is 0.507 e. The summed E-state index contributed by atoms with van der Waals surface area (Å²) in [5, 5.41) is 44.1. The Hall–Kier alpha value is -2.88. The smallest absolute Gasteiger partial charge is 0.475 e. The molecule has 0 bridgehead atoms. The van der Waals surface area contributed by atoms with Crippen molar-refractivity contribution in [1.29, 1.82) is 0 Å². The number of hydrogen-bond donors (Lipinski definition) is 6. The van der Waals surface area contributed by atoms with Crippen LogP contribution in [0.25, 0.3) is 0 Å². The van der Waals surface area contributed by atoms with Crippen molar-refractivity contribution in [1.82, 2.24) is 10.6 Å². The van der Waals surface area contributed by atoms with E-state index >= 15 is 0 Å². The van der Waals surface area contributed by atoms with Crippen molar-refractivity contribution < 1.29 is 29.9 Å². The monoisotopic (exact) mass is 370 g/mol. The molecular formula is C18H19BN2O6. The molecule has 1 atom stereocenters. The number of fused-ring (bicyclic) bond motifs is 1. The fourth-order valence-corrected chi connectivity index (χ4v) is 3.08. The van der Waals surface area contributed by atoms with Crippen LogP contribution < -0.4 is 10.6 Å². The number of phenols is 1. The van der Waals surface area contributed by atoms with Crippen LogP contribution >= 0.6 is 0 Å². The van der Waals surface area contributed by atoms with E-state index in [9.17, 15) is 24.7 Å². The molecule has 1 aliphatic rings.